The molecule has 0 bridgehead atoms. The number of nitrogens with one attached hydrogen (secondary N) is 1. The number of rotatable bonds is 4. The summed E-state index contributed by atoms with van der Waals surface area (Å²) in [6.07, 6.45) is 5.34. The minimum atomic E-state index is -0.0364. The Morgan fingerprint density at radius 2 is 2.19 bits per heavy atom. The minimum absolute atomic E-state index is 0.0364. The van der Waals surface area contributed by atoms with Crippen LogP contribution in [-0.2, 0) is 16.1 Å². The topological polar surface area (TPSA) is 52.7 Å². The molecular formula is C20H29N3O2S. The maximum Gasteiger partial charge on any atom is 0.228 e. The molecule has 6 heteroatoms. The summed E-state index contributed by atoms with van der Waals surface area (Å²) in [5.74, 6) is 0.321. The first kappa shape index (κ1) is 18.0. The molecule has 1 aromatic heterocycles. The summed E-state index contributed by atoms with van der Waals surface area (Å²) in [7, 11) is 0. The zero-order chi connectivity index (χ0) is 18.1. The Morgan fingerprint density at radius 3 is 2.88 bits per heavy atom. The summed E-state index contributed by atoms with van der Waals surface area (Å²) in [6.45, 7) is 5.86. The van der Waals surface area contributed by atoms with Crippen molar-refractivity contribution < 1.29 is 9.59 Å². The van der Waals surface area contributed by atoms with Crippen molar-refractivity contribution in [2.24, 2.45) is 11.3 Å². The summed E-state index contributed by atoms with van der Waals surface area (Å²) in [6, 6.07) is 2.51. The van der Waals surface area contributed by atoms with E-state index in [2.05, 4.69) is 27.0 Å². The molecule has 1 aliphatic carbocycles. The van der Waals surface area contributed by atoms with Crippen LogP contribution in [0.3, 0.4) is 0 Å². The van der Waals surface area contributed by atoms with E-state index < -0.39 is 0 Å². The van der Waals surface area contributed by atoms with Gasteiger partial charge in [-0.2, -0.15) is 11.3 Å². The summed E-state index contributed by atoms with van der Waals surface area (Å²) >= 11 is 1.69. The van der Waals surface area contributed by atoms with Crippen molar-refractivity contribution in [1.29, 1.82) is 0 Å². The van der Waals surface area contributed by atoms with Crippen molar-refractivity contribution in [3.05, 3.63) is 22.4 Å². The van der Waals surface area contributed by atoms with E-state index >= 15 is 0 Å². The van der Waals surface area contributed by atoms with Crippen LogP contribution in [0.2, 0.25) is 0 Å². The Hall–Kier alpha value is -1.40. The van der Waals surface area contributed by atoms with Gasteiger partial charge in [-0.05, 0) is 73.0 Å². The van der Waals surface area contributed by atoms with Gasteiger partial charge in [-0.3, -0.25) is 9.59 Å². The normalized spacial score (nSPS) is 27.3. The first-order valence-electron chi connectivity index (χ1n) is 9.87. The first-order valence-corrected chi connectivity index (χ1v) is 10.8. The summed E-state index contributed by atoms with van der Waals surface area (Å²) in [5, 5.41) is 7.69. The number of amides is 2. The van der Waals surface area contributed by atoms with Crippen molar-refractivity contribution >= 4 is 23.2 Å². The van der Waals surface area contributed by atoms with Crippen LogP contribution in [0.1, 0.15) is 44.6 Å². The van der Waals surface area contributed by atoms with E-state index in [9.17, 15) is 9.59 Å². The number of thiophene rings is 1. The molecule has 3 fully saturated rings. The van der Waals surface area contributed by atoms with Gasteiger partial charge < -0.3 is 15.1 Å². The van der Waals surface area contributed by atoms with E-state index in [1.54, 1.807) is 18.3 Å². The molecule has 1 N–H and O–H groups in total. The fourth-order valence-corrected chi connectivity index (χ4v) is 5.51. The van der Waals surface area contributed by atoms with E-state index in [0.29, 0.717) is 18.0 Å². The number of likely N-dealkylation sites (tertiary alicyclic amines) is 1. The van der Waals surface area contributed by atoms with Gasteiger partial charge in [-0.15, -0.1) is 0 Å². The van der Waals surface area contributed by atoms with Crippen molar-refractivity contribution in [3.8, 4) is 0 Å². The van der Waals surface area contributed by atoms with Crippen molar-refractivity contribution in [3.63, 3.8) is 0 Å². The molecule has 1 aromatic rings. The van der Waals surface area contributed by atoms with Gasteiger partial charge >= 0.3 is 0 Å². The fourth-order valence-electron chi connectivity index (χ4n) is 4.85. The molecule has 2 saturated heterocycles. The Labute approximate surface area is 159 Å². The number of hydrogen-bond donors (Lipinski definition) is 1. The molecule has 26 heavy (non-hydrogen) atoms. The zero-order valence-electron chi connectivity index (χ0n) is 15.6. The van der Waals surface area contributed by atoms with Gasteiger partial charge in [0.1, 0.15) is 0 Å². The molecule has 2 unspecified atom stereocenters. The Kier molecular flexibility index (Phi) is 5.06. The Morgan fingerprint density at radius 1 is 1.38 bits per heavy atom. The maximum atomic E-state index is 13.5. The molecule has 0 aromatic carbocycles. The maximum absolute atomic E-state index is 13.5. The molecule has 3 aliphatic rings. The van der Waals surface area contributed by atoms with Crippen LogP contribution in [0.15, 0.2) is 16.8 Å². The zero-order valence-corrected chi connectivity index (χ0v) is 16.4. The summed E-state index contributed by atoms with van der Waals surface area (Å²) in [5.41, 5.74) is 1.57. The van der Waals surface area contributed by atoms with Gasteiger partial charge in [0.25, 0.3) is 0 Å². The smallest absolute Gasteiger partial charge is 0.228 e. The third-order valence-electron chi connectivity index (χ3n) is 6.55. The van der Waals surface area contributed by atoms with Gasteiger partial charge in [0.15, 0.2) is 0 Å². The second-order valence-corrected chi connectivity index (χ2v) is 9.01. The fraction of sp³-hybridized carbons (Fsp3) is 0.700. The highest BCUT2D eigenvalue weighted by Crippen LogP contribution is 2.56. The second-order valence-electron chi connectivity index (χ2n) is 8.23. The Bertz CT molecular complexity index is 654. The average Bonchev–Trinajstić information content (AvgIpc) is 3.08. The molecule has 2 atom stereocenters. The van der Waals surface area contributed by atoms with Crippen LogP contribution in [-0.4, -0.2) is 53.8 Å². The van der Waals surface area contributed by atoms with Crippen LogP contribution in [0.4, 0.5) is 0 Å². The van der Waals surface area contributed by atoms with Crippen LogP contribution in [0.25, 0.3) is 0 Å². The number of carbonyl (C=O) groups excluding carboxylic acids is 2. The third kappa shape index (κ3) is 3.54. The molecule has 0 radical (unpaired) electrons. The lowest BCUT2D eigenvalue weighted by Gasteiger charge is -2.36. The largest absolute Gasteiger partial charge is 0.342 e. The SMILES string of the molecule is CC(=O)N1CCCC(C(=O)N(Cc2ccsc2)C2CC23CCNCC3)C1. The lowest BCUT2D eigenvalue weighted by molar-refractivity contribution is -0.141. The predicted octanol–water partition coefficient (Wildman–Crippen LogP) is 2.48. The number of hydrogen-bond acceptors (Lipinski definition) is 4. The van der Waals surface area contributed by atoms with E-state index in [0.717, 1.165) is 45.4 Å². The highest BCUT2D eigenvalue weighted by molar-refractivity contribution is 7.07. The molecule has 1 spiro atoms. The molecule has 3 heterocycles. The van der Waals surface area contributed by atoms with Crippen LogP contribution in [0.5, 0.6) is 0 Å². The van der Waals surface area contributed by atoms with Crippen molar-refractivity contribution in [1.82, 2.24) is 15.1 Å². The quantitative estimate of drug-likeness (QED) is 0.880. The second kappa shape index (κ2) is 7.31. The van der Waals surface area contributed by atoms with Gasteiger partial charge in [0.2, 0.25) is 11.8 Å². The van der Waals surface area contributed by atoms with Crippen molar-refractivity contribution in [2.75, 3.05) is 26.2 Å². The molecule has 4 rings (SSSR count). The number of carbonyl (C=O) groups is 2. The predicted molar refractivity (Wildman–Crippen MR) is 103 cm³/mol. The first-order chi connectivity index (χ1) is 12.6. The van der Waals surface area contributed by atoms with E-state index in [1.807, 2.05) is 4.90 Å². The van der Waals surface area contributed by atoms with Crippen LogP contribution in [0, 0.1) is 11.3 Å². The van der Waals surface area contributed by atoms with E-state index in [4.69, 9.17) is 0 Å². The molecule has 5 nitrogen and oxygen atoms in total. The Balaban J connectivity index is 1.51. The minimum Gasteiger partial charge on any atom is -0.342 e. The molecule has 1 saturated carbocycles. The standard InChI is InChI=1S/C20H29N3O2S/c1-15(24)22-9-2-3-17(13-22)19(25)23(12-16-4-10-26-14-16)18-11-20(18)5-7-21-8-6-20/h4,10,14,17-18,21H,2-3,5-9,11-13H2,1H3. The van der Waals surface area contributed by atoms with Gasteiger partial charge in [0, 0.05) is 32.6 Å². The van der Waals surface area contributed by atoms with Gasteiger partial charge in [-0.25, -0.2) is 0 Å². The van der Waals surface area contributed by atoms with Gasteiger partial charge in [0.05, 0.1) is 5.92 Å². The van der Waals surface area contributed by atoms with Gasteiger partial charge in [-0.1, -0.05) is 0 Å². The summed E-state index contributed by atoms with van der Waals surface area (Å²) < 4.78 is 0. The molecular weight excluding hydrogens is 346 g/mol. The lowest BCUT2D eigenvalue weighted by Crippen LogP contribution is -2.47. The number of piperidine rings is 2. The van der Waals surface area contributed by atoms with Crippen LogP contribution >= 0.6 is 11.3 Å². The molecule has 142 valence electrons. The third-order valence-corrected chi connectivity index (χ3v) is 7.29. The highest BCUT2D eigenvalue weighted by Gasteiger charge is 2.58. The number of nitrogens with zero attached hydrogens (tertiary/aromatic N) is 2. The van der Waals surface area contributed by atoms with Crippen LogP contribution < -0.4 is 5.32 Å². The van der Waals surface area contributed by atoms with E-state index in [-0.39, 0.29) is 17.7 Å². The monoisotopic (exact) mass is 375 g/mol. The highest BCUT2D eigenvalue weighted by atomic mass is 32.1. The molecule has 2 aliphatic heterocycles. The van der Waals surface area contributed by atoms with Crippen molar-refractivity contribution in [2.45, 2.75) is 51.6 Å². The average molecular weight is 376 g/mol. The van der Waals surface area contributed by atoms with E-state index in [1.165, 1.54) is 18.4 Å². The lowest BCUT2D eigenvalue weighted by atomic mass is 9.92. The summed E-state index contributed by atoms with van der Waals surface area (Å²) in [4.78, 5) is 29.3. The molecule has 2 amide bonds.